The Balaban J connectivity index is 2.44. The van der Waals surface area contributed by atoms with Gasteiger partial charge in [0.25, 0.3) is 0 Å². The van der Waals surface area contributed by atoms with E-state index in [4.69, 9.17) is 10.2 Å². The number of hydrogen-bond donors (Lipinski definition) is 1. The SMILES string of the molecule is Cc1cc(Br)cc(-c2cnc(CN)o2)c1. The van der Waals surface area contributed by atoms with Gasteiger partial charge in [0.2, 0.25) is 5.89 Å². The first-order valence-electron chi connectivity index (χ1n) is 4.61. The minimum absolute atomic E-state index is 0.326. The van der Waals surface area contributed by atoms with E-state index in [1.165, 1.54) is 5.56 Å². The Morgan fingerprint density at radius 3 is 2.80 bits per heavy atom. The molecule has 0 saturated heterocycles. The zero-order valence-corrected chi connectivity index (χ0v) is 9.91. The highest BCUT2D eigenvalue weighted by Gasteiger charge is 2.06. The van der Waals surface area contributed by atoms with Crippen molar-refractivity contribution in [1.29, 1.82) is 0 Å². The number of benzene rings is 1. The highest BCUT2D eigenvalue weighted by atomic mass is 79.9. The Kier molecular flexibility index (Phi) is 2.88. The Morgan fingerprint density at radius 2 is 2.20 bits per heavy atom. The number of aromatic nitrogens is 1. The number of nitrogens with zero attached hydrogens (tertiary/aromatic N) is 1. The molecule has 4 heteroatoms. The molecule has 0 amide bonds. The summed E-state index contributed by atoms with van der Waals surface area (Å²) in [6, 6.07) is 6.09. The van der Waals surface area contributed by atoms with Crippen molar-refractivity contribution >= 4 is 15.9 Å². The van der Waals surface area contributed by atoms with Crippen molar-refractivity contribution in [3.63, 3.8) is 0 Å². The van der Waals surface area contributed by atoms with Gasteiger partial charge in [-0.15, -0.1) is 0 Å². The standard InChI is InChI=1S/C11H11BrN2O/c1-7-2-8(4-9(12)3-7)10-6-14-11(5-13)15-10/h2-4,6H,5,13H2,1H3. The molecule has 0 radical (unpaired) electrons. The minimum atomic E-state index is 0.326. The number of halogens is 1. The third-order valence-corrected chi connectivity index (χ3v) is 2.51. The van der Waals surface area contributed by atoms with E-state index in [2.05, 4.69) is 20.9 Å². The summed E-state index contributed by atoms with van der Waals surface area (Å²) in [5, 5.41) is 0. The molecule has 1 aromatic carbocycles. The van der Waals surface area contributed by atoms with E-state index in [1.54, 1.807) is 6.20 Å². The van der Waals surface area contributed by atoms with Crippen molar-refractivity contribution < 1.29 is 4.42 Å². The lowest BCUT2D eigenvalue weighted by atomic mass is 10.1. The first-order chi connectivity index (χ1) is 7.19. The lowest BCUT2D eigenvalue weighted by Crippen LogP contribution is -1.94. The molecule has 1 aromatic heterocycles. The maximum atomic E-state index is 5.47. The fraction of sp³-hybridized carbons (Fsp3) is 0.182. The molecule has 2 N–H and O–H groups in total. The van der Waals surface area contributed by atoms with E-state index in [0.29, 0.717) is 12.4 Å². The molecule has 0 bridgehead atoms. The number of rotatable bonds is 2. The highest BCUT2D eigenvalue weighted by Crippen LogP contribution is 2.25. The van der Waals surface area contributed by atoms with Crippen molar-refractivity contribution in [2.45, 2.75) is 13.5 Å². The molecule has 0 saturated carbocycles. The molecule has 0 aliphatic heterocycles. The average molecular weight is 267 g/mol. The molecule has 3 nitrogen and oxygen atoms in total. The van der Waals surface area contributed by atoms with Crippen LogP contribution in [0.5, 0.6) is 0 Å². The van der Waals surface area contributed by atoms with Crippen LogP contribution in [0.1, 0.15) is 11.5 Å². The van der Waals surface area contributed by atoms with Gasteiger partial charge in [0.15, 0.2) is 5.76 Å². The molecule has 0 aliphatic carbocycles. The Hall–Kier alpha value is -1.13. The second-order valence-electron chi connectivity index (χ2n) is 3.34. The summed E-state index contributed by atoms with van der Waals surface area (Å²) in [5.41, 5.74) is 7.62. The van der Waals surface area contributed by atoms with Gasteiger partial charge in [0, 0.05) is 10.0 Å². The topological polar surface area (TPSA) is 52.0 Å². The van der Waals surface area contributed by atoms with Gasteiger partial charge in [-0.05, 0) is 30.7 Å². The number of hydrogen-bond acceptors (Lipinski definition) is 3. The molecule has 0 fully saturated rings. The van der Waals surface area contributed by atoms with Crippen molar-refractivity contribution in [2.24, 2.45) is 5.73 Å². The quantitative estimate of drug-likeness (QED) is 0.910. The molecule has 0 atom stereocenters. The van der Waals surface area contributed by atoms with E-state index >= 15 is 0 Å². The zero-order valence-electron chi connectivity index (χ0n) is 8.33. The van der Waals surface area contributed by atoms with Crippen LogP contribution in [0.4, 0.5) is 0 Å². The monoisotopic (exact) mass is 266 g/mol. The van der Waals surface area contributed by atoms with Crippen molar-refractivity contribution in [3.8, 4) is 11.3 Å². The van der Waals surface area contributed by atoms with E-state index in [1.807, 2.05) is 25.1 Å². The van der Waals surface area contributed by atoms with Crippen LogP contribution in [-0.2, 0) is 6.54 Å². The number of oxazole rings is 1. The van der Waals surface area contributed by atoms with Crippen LogP contribution in [0.3, 0.4) is 0 Å². The second kappa shape index (κ2) is 4.16. The summed E-state index contributed by atoms with van der Waals surface area (Å²) in [4.78, 5) is 4.06. The molecule has 0 aliphatic rings. The second-order valence-corrected chi connectivity index (χ2v) is 4.26. The first kappa shape index (κ1) is 10.4. The number of nitrogens with two attached hydrogens (primary N) is 1. The predicted octanol–water partition coefficient (Wildman–Crippen LogP) is 2.87. The van der Waals surface area contributed by atoms with Gasteiger partial charge in [-0.25, -0.2) is 4.98 Å². The van der Waals surface area contributed by atoms with Crippen LogP contribution in [0.25, 0.3) is 11.3 Å². The van der Waals surface area contributed by atoms with Gasteiger partial charge >= 0.3 is 0 Å². The van der Waals surface area contributed by atoms with E-state index in [0.717, 1.165) is 15.8 Å². The maximum absolute atomic E-state index is 5.47. The maximum Gasteiger partial charge on any atom is 0.208 e. The first-order valence-corrected chi connectivity index (χ1v) is 5.40. The lowest BCUT2D eigenvalue weighted by Gasteiger charge is -2.00. The molecule has 2 aromatic rings. The van der Waals surface area contributed by atoms with Gasteiger partial charge in [-0.3, -0.25) is 0 Å². The summed E-state index contributed by atoms with van der Waals surface area (Å²) < 4.78 is 6.50. The smallest absolute Gasteiger partial charge is 0.208 e. The summed E-state index contributed by atoms with van der Waals surface area (Å²) >= 11 is 3.45. The molecular formula is C11H11BrN2O. The van der Waals surface area contributed by atoms with Crippen molar-refractivity contribution in [2.75, 3.05) is 0 Å². The van der Waals surface area contributed by atoms with Gasteiger partial charge in [0.1, 0.15) is 0 Å². The largest absolute Gasteiger partial charge is 0.439 e. The molecule has 15 heavy (non-hydrogen) atoms. The molecule has 78 valence electrons. The van der Waals surface area contributed by atoms with E-state index < -0.39 is 0 Å². The predicted molar refractivity (Wildman–Crippen MR) is 62.3 cm³/mol. The fourth-order valence-corrected chi connectivity index (χ4v) is 2.02. The van der Waals surface area contributed by atoms with Crippen LogP contribution < -0.4 is 5.73 Å². The van der Waals surface area contributed by atoms with Gasteiger partial charge in [0.05, 0.1) is 12.7 Å². The summed E-state index contributed by atoms with van der Waals surface area (Å²) in [6.07, 6.45) is 1.70. The van der Waals surface area contributed by atoms with Crippen LogP contribution >= 0.6 is 15.9 Å². The van der Waals surface area contributed by atoms with Gasteiger partial charge < -0.3 is 10.2 Å². The third-order valence-electron chi connectivity index (χ3n) is 2.05. The molecular weight excluding hydrogens is 256 g/mol. The van der Waals surface area contributed by atoms with Gasteiger partial charge in [-0.2, -0.15) is 0 Å². The molecule has 0 spiro atoms. The molecule has 2 rings (SSSR count). The van der Waals surface area contributed by atoms with Crippen LogP contribution in [-0.4, -0.2) is 4.98 Å². The normalized spacial score (nSPS) is 10.6. The minimum Gasteiger partial charge on any atom is -0.439 e. The number of aryl methyl sites for hydroxylation is 1. The summed E-state index contributed by atoms with van der Waals surface area (Å²) in [6.45, 7) is 2.36. The Labute approximate surface area is 96.4 Å². The van der Waals surface area contributed by atoms with Crippen molar-refractivity contribution in [1.82, 2.24) is 4.98 Å². The summed E-state index contributed by atoms with van der Waals surface area (Å²) in [5.74, 6) is 1.31. The van der Waals surface area contributed by atoms with E-state index in [-0.39, 0.29) is 0 Å². The van der Waals surface area contributed by atoms with Crippen LogP contribution in [0.15, 0.2) is 33.3 Å². The average Bonchev–Trinajstić information content (AvgIpc) is 2.64. The van der Waals surface area contributed by atoms with Crippen LogP contribution in [0.2, 0.25) is 0 Å². The third kappa shape index (κ3) is 2.27. The highest BCUT2D eigenvalue weighted by molar-refractivity contribution is 9.10. The van der Waals surface area contributed by atoms with Crippen LogP contribution in [0, 0.1) is 6.92 Å². The summed E-state index contributed by atoms with van der Waals surface area (Å²) in [7, 11) is 0. The van der Waals surface area contributed by atoms with Gasteiger partial charge in [-0.1, -0.05) is 15.9 Å². The zero-order chi connectivity index (χ0) is 10.8. The van der Waals surface area contributed by atoms with E-state index in [9.17, 15) is 0 Å². The lowest BCUT2D eigenvalue weighted by molar-refractivity contribution is 0.509. The fourth-order valence-electron chi connectivity index (χ4n) is 1.42. The van der Waals surface area contributed by atoms with Crippen molar-refractivity contribution in [3.05, 3.63) is 40.3 Å². The molecule has 1 heterocycles. The molecule has 0 unspecified atom stereocenters. The Bertz CT molecular complexity index is 459. The Morgan fingerprint density at radius 1 is 1.40 bits per heavy atom.